The molecule has 0 bridgehead atoms. The Bertz CT molecular complexity index is 442. The summed E-state index contributed by atoms with van der Waals surface area (Å²) in [5.74, 6) is -0.971. The molecule has 1 atom stereocenters. The van der Waals surface area contributed by atoms with Crippen molar-refractivity contribution in [1.29, 1.82) is 0 Å². The lowest BCUT2D eigenvalue weighted by Gasteiger charge is -2.28. The number of hydrogen-bond donors (Lipinski definition) is 2. The molecule has 0 aliphatic heterocycles. The van der Waals surface area contributed by atoms with Gasteiger partial charge in [-0.1, -0.05) is 0 Å². The third kappa shape index (κ3) is 5.20. The second-order valence-corrected chi connectivity index (χ2v) is 3.77. The summed E-state index contributed by atoms with van der Waals surface area (Å²) in [4.78, 5) is 22.6. The molecule has 1 aromatic carbocycles. The molecule has 1 rings (SSSR count). The summed E-state index contributed by atoms with van der Waals surface area (Å²) in [6.07, 6.45) is 0. The van der Waals surface area contributed by atoms with Gasteiger partial charge in [-0.05, 0) is 19.1 Å². The number of carbonyl (C=O) groups is 1. The van der Waals surface area contributed by atoms with Gasteiger partial charge in [0.05, 0.1) is 4.92 Å². The average molecular weight is 326 g/mol. The number of nitrogens with zero attached hydrogens (tertiary/aromatic N) is 2. The number of non-ortho nitro benzene ring substituents is 1. The van der Waals surface area contributed by atoms with E-state index >= 15 is 0 Å². The molecule has 0 aliphatic carbocycles. The minimum absolute atomic E-state index is 0. The summed E-state index contributed by atoms with van der Waals surface area (Å²) in [5, 5.41) is 19.5. The fraction of sp³-hybridized carbons (Fsp3) is 0.364. The fourth-order valence-corrected chi connectivity index (χ4v) is 1.58. The zero-order valence-corrected chi connectivity index (χ0v) is 12.4. The molecule has 0 aromatic heterocycles. The van der Waals surface area contributed by atoms with E-state index in [9.17, 15) is 14.9 Å². The van der Waals surface area contributed by atoms with E-state index in [2.05, 4.69) is 0 Å². The first-order valence-corrected chi connectivity index (χ1v) is 5.41. The minimum atomic E-state index is -0.971. The minimum Gasteiger partial charge on any atom is -0.480 e. The Morgan fingerprint density at radius 1 is 1.40 bits per heavy atom. The third-order valence-corrected chi connectivity index (χ3v) is 2.59. The molecule has 1 unspecified atom stereocenters. The van der Waals surface area contributed by atoms with Crippen LogP contribution in [0.25, 0.3) is 0 Å². The van der Waals surface area contributed by atoms with Gasteiger partial charge in [-0.15, -0.1) is 24.8 Å². The Morgan fingerprint density at radius 2 is 1.90 bits per heavy atom. The van der Waals surface area contributed by atoms with E-state index in [-0.39, 0.29) is 30.5 Å². The van der Waals surface area contributed by atoms with Crippen molar-refractivity contribution in [3.05, 3.63) is 34.4 Å². The lowest BCUT2D eigenvalue weighted by molar-refractivity contribution is -0.384. The van der Waals surface area contributed by atoms with E-state index in [0.29, 0.717) is 18.8 Å². The number of nitrogens with two attached hydrogens (primary N) is 1. The van der Waals surface area contributed by atoms with Crippen LogP contribution in [-0.4, -0.2) is 35.1 Å². The van der Waals surface area contributed by atoms with Crippen LogP contribution in [0.2, 0.25) is 0 Å². The van der Waals surface area contributed by atoms with Crippen LogP contribution in [0.15, 0.2) is 24.3 Å². The molecule has 7 nitrogen and oxygen atoms in total. The summed E-state index contributed by atoms with van der Waals surface area (Å²) >= 11 is 0. The Labute approximate surface area is 128 Å². The number of carboxylic acids is 1. The van der Waals surface area contributed by atoms with Crippen LogP contribution >= 0.6 is 24.8 Å². The van der Waals surface area contributed by atoms with Crippen molar-refractivity contribution in [3.8, 4) is 0 Å². The van der Waals surface area contributed by atoms with Gasteiger partial charge in [-0.25, -0.2) is 4.79 Å². The zero-order chi connectivity index (χ0) is 13.7. The smallest absolute Gasteiger partial charge is 0.326 e. The number of nitro groups is 1. The van der Waals surface area contributed by atoms with Crippen molar-refractivity contribution in [2.24, 2.45) is 5.73 Å². The molecular formula is C11H17Cl2N3O4. The normalized spacial score (nSPS) is 10.7. The van der Waals surface area contributed by atoms with Crippen LogP contribution in [-0.2, 0) is 4.79 Å². The summed E-state index contributed by atoms with van der Waals surface area (Å²) < 4.78 is 0. The van der Waals surface area contributed by atoms with Gasteiger partial charge in [0.15, 0.2) is 0 Å². The summed E-state index contributed by atoms with van der Waals surface area (Å²) in [7, 11) is 0. The highest BCUT2D eigenvalue weighted by atomic mass is 35.5. The summed E-state index contributed by atoms with van der Waals surface area (Å²) in [6, 6.07) is 4.98. The fourth-order valence-electron chi connectivity index (χ4n) is 1.58. The average Bonchev–Trinajstić information content (AvgIpc) is 2.35. The molecule has 0 radical (unpaired) electrons. The number of carboxylic acid groups (broad SMARTS) is 1. The first-order valence-electron chi connectivity index (χ1n) is 5.41. The van der Waals surface area contributed by atoms with Crippen LogP contribution < -0.4 is 10.6 Å². The standard InChI is InChI=1S/C11H15N3O4.2ClH/c1-8(11(15)16)13(7-6-12)9-2-4-10(5-3-9)14(17)18;;/h2-5,8H,6-7,12H2,1H3,(H,15,16);2*1H. The van der Waals surface area contributed by atoms with E-state index in [4.69, 9.17) is 10.8 Å². The van der Waals surface area contributed by atoms with Gasteiger partial charge >= 0.3 is 5.97 Å². The number of aliphatic carboxylic acids is 1. The maximum absolute atomic E-state index is 11.0. The first kappa shape index (κ1) is 20.7. The van der Waals surface area contributed by atoms with E-state index in [1.54, 1.807) is 11.8 Å². The topological polar surface area (TPSA) is 110 Å². The van der Waals surface area contributed by atoms with Crippen LogP contribution in [0.1, 0.15) is 6.92 Å². The molecule has 20 heavy (non-hydrogen) atoms. The number of nitro benzene ring substituents is 1. The molecule has 0 spiro atoms. The number of rotatable bonds is 6. The lowest BCUT2D eigenvalue weighted by atomic mass is 10.2. The summed E-state index contributed by atoms with van der Waals surface area (Å²) in [6.45, 7) is 2.21. The van der Waals surface area contributed by atoms with E-state index < -0.39 is 16.9 Å². The molecule has 0 fully saturated rings. The van der Waals surface area contributed by atoms with Gasteiger partial charge in [0.2, 0.25) is 0 Å². The Balaban J connectivity index is 0. The Kier molecular flexibility index (Phi) is 9.70. The monoisotopic (exact) mass is 325 g/mol. The quantitative estimate of drug-likeness (QED) is 0.608. The molecule has 0 amide bonds. The molecule has 0 heterocycles. The number of benzene rings is 1. The predicted molar refractivity (Wildman–Crippen MR) is 81.1 cm³/mol. The van der Waals surface area contributed by atoms with Gasteiger partial charge in [0.1, 0.15) is 6.04 Å². The highest BCUT2D eigenvalue weighted by Crippen LogP contribution is 2.21. The van der Waals surface area contributed by atoms with Gasteiger partial charge in [-0.3, -0.25) is 10.1 Å². The molecule has 0 saturated carbocycles. The maximum atomic E-state index is 11.0. The number of anilines is 1. The molecule has 9 heteroatoms. The maximum Gasteiger partial charge on any atom is 0.326 e. The van der Waals surface area contributed by atoms with Crippen molar-refractivity contribution in [1.82, 2.24) is 0 Å². The number of halogens is 2. The second-order valence-electron chi connectivity index (χ2n) is 3.77. The molecule has 0 aliphatic rings. The van der Waals surface area contributed by atoms with Crippen LogP contribution in [0.3, 0.4) is 0 Å². The molecule has 0 saturated heterocycles. The second kappa shape index (κ2) is 9.35. The van der Waals surface area contributed by atoms with Crippen molar-refractivity contribution >= 4 is 42.2 Å². The largest absolute Gasteiger partial charge is 0.480 e. The zero-order valence-electron chi connectivity index (χ0n) is 10.8. The van der Waals surface area contributed by atoms with Crippen LogP contribution in [0, 0.1) is 10.1 Å². The number of hydrogen-bond acceptors (Lipinski definition) is 5. The van der Waals surface area contributed by atoms with Crippen LogP contribution in [0.5, 0.6) is 0 Å². The van der Waals surface area contributed by atoms with Crippen molar-refractivity contribution < 1.29 is 14.8 Å². The lowest BCUT2D eigenvalue weighted by Crippen LogP contribution is -2.42. The SMILES string of the molecule is CC(C(=O)O)N(CCN)c1ccc([N+](=O)[O-])cc1.Cl.Cl. The van der Waals surface area contributed by atoms with E-state index in [0.717, 1.165) is 0 Å². The highest BCUT2D eigenvalue weighted by Gasteiger charge is 2.20. The van der Waals surface area contributed by atoms with E-state index in [1.165, 1.54) is 24.3 Å². The summed E-state index contributed by atoms with van der Waals surface area (Å²) in [5.41, 5.74) is 6.01. The van der Waals surface area contributed by atoms with Gasteiger partial charge < -0.3 is 15.7 Å². The van der Waals surface area contributed by atoms with Gasteiger partial charge in [0.25, 0.3) is 5.69 Å². The molecule has 3 N–H and O–H groups in total. The van der Waals surface area contributed by atoms with Gasteiger partial charge in [0, 0.05) is 30.9 Å². The van der Waals surface area contributed by atoms with Crippen molar-refractivity contribution in [2.75, 3.05) is 18.0 Å². The molecule has 1 aromatic rings. The van der Waals surface area contributed by atoms with Crippen LogP contribution in [0.4, 0.5) is 11.4 Å². The molecular weight excluding hydrogens is 309 g/mol. The Hall–Kier alpha value is -1.57. The third-order valence-electron chi connectivity index (χ3n) is 2.59. The predicted octanol–water partition coefficient (Wildman–Crippen LogP) is 1.68. The van der Waals surface area contributed by atoms with Gasteiger partial charge in [-0.2, -0.15) is 0 Å². The Morgan fingerprint density at radius 3 is 2.25 bits per heavy atom. The molecule has 114 valence electrons. The van der Waals surface area contributed by atoms with Crippen molar-refractivity contribution in [3.63, 3.8) is 0 Å². The van der Waals surface area contributed by atoms with E-state index in [1.807, 2.05) is 0 Å². The highest BCUT2D eigenvalue weighted by molar-refractivity contribution is 5.85. The van der Waals surface area contributed by atoms with Crippen molar-refractivity contribution in [2.45, 2.75) is 13.0 Å². The first-order chi connectivity index (χ1) is 8.47.